The van der Waals surface area contributed by atoms with Crippen molar-refractivity contribution in [3.63, 3.8) is 0 Å². The van der Waals surface area contributed by atoms with Gasteiger partial charge in [-0.3, -0.25) is 4.79 Å². The van der Waals surface area contributed by atoms with Crippen LogP contribution in [0.25, 0.3) is 0 Å². The van der Waals surface area contributed by atoms with E-state index in [2.05, 4.69) is 4.74 Å². The van der Waals surface area contributed by atoms with Crippen molar-refractivity contribution in [2.75, 3.05) is 13.7 Å². The predicted molar refractivity (Wildman–Crippen MR) is 81.4 cm³/mol. The minimum atomic E-state index is -0.381. The number of nitrogens with zero attached hydrogens (tertiary/aromatic N) is 1. The number of hydrogen-bond donors (Lipinski definition) is 0. The number of rotatable bonds is 4. The lowest BCUT2D eigenvalue weighted by atomic mass is 9.93. The van der Waals surface area contributed by atoms with Crippen molar-refractivity contribution >= 4 is 11.9 Å². The summed E-state index contributed by atoms with van der Waals surface area (Å²) in [6.45, 7) is 2.75. The molecule has 0 N–H and O–H groups in total. The number of carbonyl (C=O) groups excluding carboxylic acids is 2. The first kappa shape index (κ1) is 15.5. The number of ether oxygens (including phenoxy) is 1. The third-order valence-corrected chi connectivity index (χ3v) is 4.17. The molecule has 1 aromatic carbocycles. The molecule has 0 radical (unpaired) electrons. The van der Waals surface area contributed by atoms with E-state index in [1.165, 1.54) is 26.4 Å². The van der Waals surface area contributed by atoms with Gasteiger partial charge in [-0.15, -0.1) is 0 Å². The van der Waals surface area contributed by atoms with Gasteiger partial charge in [-0.1, -0.05) is 19.3 Å². The Hall–Kier alpha value is -1.84. The van der Waals surface area contributed by atoms with E-state index in [1.54, 1.807) is 24.3 Å². The van der Waals surface area contributed by atoms with Crippen LogP contribution in [0.1, 0.15) is 59.7 Å². The van der Waals surface area contributed by atoms with Crippen LogP contribution < -0.4 is 0 Å². The fourth-order valence-corrected chi connectivity index (χ4v) is 2.99. The minimum absolute atomic E-state index is 0.0563. The van der Waals surface area contributed by atoms with Gasteiger partial charge >= 0.3 is 5.97 Å². The lowest BCUT2D eigenvalue weighted by molar-refractivity contribution is 0.0597. The molecule has 0 bridgehead atoms. The highest BCUT2D eigenvalue weighted by Gasteiger charge is 2.25. The number of esters is 1. The second-order valence-corrected chi connectivity index (χ2v) is 5.45. The van der Waals surface area contributed by atoms with Gasteiger partial charge in [0.25, 0.3) is 5.91 Å². The molecule has 1 fully saturated rings. The average molecular weight is 289 g/mol. The van der Waals surface area contributed by atoms with Gasteiger partial charge in [0.15, 0.2) is 0 Å². The molecule has 21 heavy (non-hydrogen) atoms. The van der Waals surface area contributed by atoms with Crippen LogP contribution in [0.3, 0.4) is 0 Å². The molecule has 0 aliphatic heterocycles. The largest absolute Gasteiger partial charge is 0.465 e. The fraction of sp³-hybridized carbons (Fsp3) is 0.529. The molecular weight excluding hydrogens is 266 g/mol. The summed E-state index contributed by atoms with van der Waals surface area (Å²) in [7, 11) is 1.35. The van der Waals surface area contributed by atoms with E-state index in [4.69, 9.17) is 0 Å². The van der Waals surface area contributed by atoms with Crippen LogP contribution in [-0.2, 0) is 4.74 Å². The van der Waals surface area contributed by atoms with Crippen molar-refractivity contribution in [2.45, 2.75) is 45.1 Å². The maximum Gasteiger partial charge on any atom is 0.337 e. The molecular formula is C17H23NO3. The Kier molecular flexibility index (Phi) is 5.37. The lowest BCUT2D eigenvalue weighted by Gasteiger charge is -2.33. The highest BCUT2D eigenvalue weighted by molar-refractivity contribution is 5.96. The molecule has 0 saturated heterocycles. The average Bonchev–Trinajstić information content (AvgIpc) is 2.56. The summed E-state index contributed by atoms with van der Waals surface area (Å²) in [5.41, 5.74) is 1.10. The molecule has 0 spiro atoms. The van der Waals surface area contributed by atoms with E-state index in [-0.39, 0.29) is 11.9 Å². The summed E-state index contributed by atoms with van der Waals surface area (Å²) in [6, 6.07) is 7.07. The number of benzene rings is 1. The van der Waals surface area contributed by atoms with Crippen molar-refractivity contribution in [1.29, 1.82) is 0 Å². The van der Waals surface area contributed by atoms with E-state index in [0.717, 1.165) is 19.4 Å². The zero-order valence-electron chi connectivity index (χ0n) is 12.8. The van der Waals surface area contributed by atoms with Crippen LogP contribution in [0.15, 0.2) is 24.3 Å². The number of amides is 1. The maximum atomic E-state index is 12.6. The molecule has 1 aromatic rings. The standard InChI is InChI=1S/C17H23NO3/c1-3-18(15-7-5-4-6-8-15)16(19)13-9-11-14(12-10-13)17(20)21-2/h9-12,15H,3-8H2,1-2H3. The highest BCUT2D eigenvalue weighted by Crippen LogP contribution is 2.24. The van der Waals surface area contributed by atoms with Crippen LogP contribution in [0, 0.1) is 0 Å². The normalized spacial score (nSPS) is 15.5. The molecule has 1 amide bonds. The van der Waals surface area contributed by atoms with Gasteiger partial charge in [0, 0.05) is 18.2 Å². The first-order chi connectivity index (χ1) is 10.2. The Balaban J connectivity index is 2.11. The zero-order chi connectivity index (χ0) is 15.2. The molecule has 1 saturated carbocycles. The molecule has 1 aliphatic rings. The SMILES string of the molecule is CCN(C(=O)c1ccc(C(=O)OC)cc1)C1CCCCC1. The quantitative estimate of drug-likeness (QED) is 0.799. The van der Waals surface area contributed by atoms with Crippen LogP contribution >= 0.6 is 0 Å². The molecule has 0 heterocycles. The van der Waals surface area contributed by atoms with Crippen LogP contribution in [-0.4, -0.2) is 36.5 Å². The second-order valence-electron chi connectivity index (χ2n) is 5.45. The van der Waals surface area contributed by atoms with Gasteiger partial charge in [-0.25, -0.2) is 4.79 Å². The smallest absolute Gasteiger partial charge is 0.337 e. The first-order valence-corrected chi connectivity index (χ1v) is 7.66. The van der Waals surface area contributed by atoms with Crippen molar-refractivity contribution in [2.24, 2.45) is 0 Å². The summed E-state index contributed by atoms with van der Waals surface area (Å²) in [5, 5.41) is 0. The molecule has 0 atom stereocenters. The van der Waals surface area contributed by atoms with E-state index in [9.17, 15) is 9.59 Å². The van der Waals surface area contributed by atoms with Crippen molar-refractivity contribution in [3.8, 4) is 0 Å². The Bertz CT molecular complexity index is 489. The summed E-state index contributed by atoms with van der Waals surface area (Å²) < 4.78 is 4.67. The number of hydrogen-bond acceptors (Lipinski definition) is 3. The first-order valence-electron chi connectivity index (χ1n) is 7.66. The lowest BCUT2D eigenvalue weighted by Crippen LogP contribution is -2.41. The molecule has 2 rings (SSSR count). The molecule has 1 aliphatic carbocycles. The van der Waals surface area contributed by atoms with Crippen molar-refractivity contribution in [1.82, 2.24) is 4.90 Å². The Morgan fingerprint density at radius 3 is 2.19 bits per heavy atom. The van der Waals surface area contributed by atoms with E-state index in [1.807, 2.05) is 11.8 Å². The van der Waals surface area contributed by atoms with E-state index in [0.29, 0.717) is 17.2 Å². The molecule has 4 heteroatoms. The highest BCUT2D eigenvalue weighted by atomic mass is 16.5. The van der Waals surface area contributed by atoms with E-state index >= 15 is 0 Å². The maximum absolute atomic E-state index is 12.6. The summed E-state index contributed by atoms with van der Waals surface area (Å²) in [6.07, 6.45) is 5.88. The predicted octanol–water partition coefficient (Wildman–Crippen LogP) is 3.27. The topological polar surface area (TPSA) is 46.6 Å². The molecule has 0 unspecified atom stereocenters. The zero-order valence-corrected chi connectivity index (χ0v) is 12.8. The Labute approximate surface area is 126 Å². The van der Waals surface area contributed by atoms with Crippen molar-refractivity contribution in [3.05, 3.63) is 35.4 Å². The molecule has 114 valence electrons. The number of methoxy groups -OCH3 is 1. The van der Waals surface area contributed by atoms with Crippen molar-refractivity contribution < 1.29 is 14.3 Å². The Morgan fingerprint density at radius 1 is 1.10 bits per heavy atom. The summed E-state index contributed by atoms with van der Waals surface area (Å²) in [5.74, 6) is -0.325. The van der Waals surface area contributed by atoms with Gasteiger partial charge in [0.2, 0.25) is 0 Å². The van der Waals surface area contributed by atoms with Crippen LogP contribution in [0.2, 0.25) is 0 Å². The van der Waals surface area contributed by atoms with Gasteiger partial charge in [-0.2, -0.15) is 0 Å². The summed E-state index contributed by atoms with van der Waals surface area (Å²) in [4.78, 5) is 26.0. The van der Waals surface area contributed by atoms with Gasteiger partial charge < -0.3 is 9.64 Å². The second kappa shape index (κ2) is 7.25. The van der Waals surface area contributed by atoms with Gasteiger partial charge in [0.1, 0.15) is 0 Å². The fourth-order valence-electron chi connectivity index (χ4n) is 2.99. The van der Waals surface area contributed by atoms with Gasteiger partial charge in [-0.05, 0) is 44.0 Å². The number of carbonyl (C=O) groups is 2. The van der Waals surface area contributed by atoms with Crippen LogP contribution in [0.5, 0.6) is 0 Å². The third-order valence-electron chi connectivity index (χ3n) is 4.17. The summed E-state index contributed by atoms with van der Waals surface area (Å²) >= 11 is 0. The molecule has 4 nitrogen and oxygen atoms in total. The van der Waals surface area contributed by atoms with Crippen LogP contribution in [0.4, 0.5) is 0 Å². The Morgan fingerprint density at radius 2 is 1.67 bits per heavy atom. The minimum Gasteiger partial charge on any atom is -0.465 e. The monoisotopic (exact) mass is 289 g/mol. The van der Waals surface area contributed by atoms with E-state index < -0.39 is 0 Å². The third kappa shape index (κ3) is 3.63. The van der Waals surface area contributed by atoms with Gasteiger partial charge in [0.05, 0.1) is 12.7 Å². The molecule has 0 aromatic heterocycles.